The second kappa shape index (κ2) is 7.59. The van der Waals surface area contributed by atoms with Crippen molar-refractivity contribution in [1.29, 1.82) is 0 Å². The molecular weight excluding hydrogens is 338 g/mol. The van der Waals surface area contributed by atoms with Gasteiger partial charge in [-0.1, -0.05) is 18.2 Å². The molecule has 0 radical (unpaired) electrons. The lowest BCUT2D eigenvalue weighted by atomic mass is 10.2. The number of carbonyl (C=O) groups excluding carboxylic acids is 2. The number of hydrogen-bond acceptors (Lipinski definition) is 5. The van der Waals surface area contributed by atoms with Gasteiger partial charge in [-0.3, -0.25) is 9.59 Å². The first kappa shape index (κ1) is 16.7. The van der Waals surface area contributed by atoms with Crippen molar-refractivity contribution in [2.45, 2.75) is 0 Å². The van der Waals surface area contributed by atoms with Gasteiger partial charge in [0.2, 0.25) is 0 Å². The minimum Gasteiger partial charge on any atom is -0.496 e. The molecule has 7 heteroatoms. The Morgan fingerprint density at radius 3 is 2.52 bits per heavy atom. The van der Waals surface area contributed by atoms with E-state index < -0.39 is 0 Å². The molecule has 2 aromatic heterocycles. The average Bonchev–Trinajstić information content (AvgIpc) is 3.18. The van der Waals surface area contributed by atoms with Gasteiger partial charge in [0, 0.05) is 0 Å². The summed E-state index contributed by atoms with van der Waals surface area (Å²) in [5.41, 5.74) is 0.949. The number of methoxy groups -OCH3 is 1. The van der Waals surface area contributed by atoms with Crippen LogP contribution in [0.1, 0.15) is 20.0 Å². The monoisotopic (exact) mass is 353 g/mol. The van der Waals surface area contributed by atoms with Gasteiger partial charge in [0.25, 0.3) is 11.8 Å². The van der Waals surface area contributed by atoms with Crippen LogP contribution in [0.15, 0.2) is 60.1 Å². The van der Waals surface area contributed by atoms with Crippen LogP contribution < -0.4 is 15.4 Å². The van der Waals surface area contributed by atoms with Crippen LogP contribution in [0.5, 0.6) is 5.75 Å². The highest BCUT2D eigenvalue weighted by atomic mass is 32.1. The topological polar surface area (TPSA) is 80.3 Å². The Labute approximate surface area is 148 Å². The fourth-order valence-corrected chi connectivity index (χ4v) is 2.78. The molecule has 6 nitrogen and oxygen atoms in total. The van der Waals surface area contributed by atoms with Crippen molar-refractivity contribution in [2.75, 3.05) is 17.7 Å². The third-order valence-corrected chi connectivity index (χ3v) is 4.23. The maximum Gasteiger partial charge on any atom is 0.266 e. The summed E-state index contributed by atoms with van der Waals surface area (Å²) in [5.74, 6) is 0.393. The number of pyridine rings is 1. The van der Waals surface area contributed by atoms with E-state index in [0.29, 0.717) is 27.7 Å². The Morgan fingerprint density at radius 2 is 1.84 bits per heavy atom. The van der Waals surface area contributed by atoms with E-state index in [1.807, 2.05) is 11.4 Å². The van der Waals surface area contributed by atoms with Crippen molar-refractivity contribution in [2.24, 2.45) is 0 Å². The van der Waals surface area contributed by atoms with E-state index >= 15 is 0 Å². The number of carbonyl (C=O) groups is 2. The maximum atomic E-state index is 12.3. The van der Waals surface area contributed by atoms with Crippen molar-refractivity contribution >= 4 is 34.7 Å². The molecule has 0 spiro atoms. The molecule has 3 aromatic rings. The Balaban J connectivity index is 1.66. The zero-order valence-corrected chi connectivity index (χ0v) is 14.2. The van der Waals surface area contributed by atoms with Crippen LogP contribution in [-0.2, 0) is 0 Å². The van der Waals surface area contributed by atoms with Gasteiger partial charge in [-0.25, -0.2) is 4.98 Å². The second-order valence-electron chi connectivity index (χ2n) is 5.02. The molecule has 0 saturated carbocycles. The standard InChI is InChI=1S/C18H15N3O3S/c1-24-14-6-3-2-5-13(14)17(22)20-12-8-9-16(19-11-12)21-18(23)15-7-4-10-25-15/h2-11H,1H3,(H,20,22)(H,19,21,23). The first-order valence-corrected chi connectivity index (χ1v) is 8.30. The summed E-state index contributed by atoms with van der Waals surface area (Å²) in [7, 11) is 1.51. The molecule has 0 bridgehead atoms. The summed E-state index contributed by atoms with van der Waals surface area (Å²) < 4.78 is 5.18. The summed E-state index contributed by atoms with van der Waals surface area (Å²) in [4.78, 5) is 29.0. The SMILES string of the molecule is COc1ccccc1C(=O)Nc1ccc(NC(=O)c2cccs2)nc1. The van der Waals surface area contributed by atoms with Crippen LogP contribution in [0.4, 0.5) is 11.5 Å². The van der Waals surface area contributed by atoms with Crippen molar-refractivity contribution < 1.29 is 14.3 Å². The number of ether oxygens (including phenoxy) is 1. The van der Waals surface area contributed by atoms with Crippen LogP contribution in [-0.4, -0.2) is 23.9 Å². The molecule has 0 aliphatic heterocycles. The van der Waals surface area contributed by atoms with Crippen LogP contribution in [0.3, 0.4) is 0 Å². The van der Waals surface area contributed by atoms with E-state index in [1.165, 1.54) is 24.6 Å². The summed E-state index contributed by atoms with van der Waals surface area (Å²) in [5, 5.41) is 7.28. The number of benzene rings is 1. The molecular formula is C18H15N3O3S. The van der Waals surface area contributed by atoms with Gasteiger partial charge in [-0.05, 0) is 35.7 Å². The molecule has 1 aromatic carbocycles. The third kappa shape index (κ3) is 4.02. The van der Waals surface area contributed by atoms with E-state index in [1.54, 1.807) is 42.5 Å². The van der Waals surface area contributed by atoms with E-state index in [9.17, 15) is 9.59 Å². The number of nitrogens with zero attached hydrogens (tertiary/aromatic N) is 1. The summed E-state index contributed by atoms with van der Waals surface area (Å²) >= 11 is 1.35. The van der Waals surface area contributed by atoms with Gasteiger partial charge in [-0.15, -0.1) is 11.3 Å². The van der Waals surface area contributed by atoms with E-state index in [4.69, 9.17) is 4.74 Å². The van der Waals surface area contributed by atoms with Crippen molar-refractivity contribution in [3.05, 3.63) is 70.5 Å². The molecule has 2 N–H and O–H groups in total. The van der Waals surface area contributed by atoms with Crippen molar-refractivity contribution in [3.63, 3.8) is 0 Å². The van der Waals surface area contributed by atoms with Gasteiger partial charge in [-0.2, -0.15) is 0 Å². The molecule has 0 saturated heterocycles. The highest BCUT2D eigenvalue weighted by Gasteiger charge is 2.12. The van der Waals surface area contributed by atoms with E-state index in [0.717, 1.165) is 0 Å². The minimum absolute atomic E-state index is 0.215. The quantitative estimate of drug-likeness (QED) is 0.734. The molecule has 0 unspecified atom stereocenters. The van der Waals surface area contributed by atoms with Gasteiger partial charge in [0.1, 0.15) is 11.6 Å². The van der Waals surface area contributed by atoms with Gasteiger partial charge in [0.15, 0.2) is 0 Å². The predicted molar refractivity (Wildman–Crippen MR) is 97.5 cm³/mol. The number of amides is 2. The lowest BCUT2D eigenvalue weighted by Gasteiger charge is -2.09. The molecule has 25 heavy (non-hydrogen) atoms. The Bertz CT molecular complexity index is 877. The zero-order chi connectivity index (χ0) is 17.6. The highest BCUT2D eigenvalue weighted by Crippen LogP contribution is 2.19. The Hall–Kier alpha value is -3.19. The summed E-state index contributed by atoms with van der Waals surface area (Å²) in [6.07, 6.45) is 1.48. The molecule has 0 atom stereocenters. The fraction of sp³-hybridized carbons (Fsp3) is 0.0556. The summed E-state index contributed by atoms with van der Waals surface area (Å²) in [6, 6.07) is 13.8. The van der Waals surface area contributed by atoms with Crippen LogP contribution >= 0.6 is 11.3 Å². The molecule has 2 amide bonds. The lowest BCUT2D eigenvalue weighted by molar-refractivity contribution is 0.101. The highest BCUT2D eigenvalue weighted by molar-refractivity contribution is 7.12. The van der Waals surface area contributed by atoms with E-state index in [-0.39, 0.29) is 11.8 Å². The second-order valence-corrected chi connectivity index (χ2v) is 5.97. The zero-order valence-electron chi connectivity index (χ0n) is 13.4. The van der Waals surface area contributed by atoms with Gasteiger partial charge < -0.3 is 15.4 Å². The number of hydrogen-bond donors (Lipinski definition) is 2. The molecule has 0 fully saturated rings. The third-order valence-electron chi connectivity index (χ3n) is 3.36. The number of para-hydroxylation sites is 1. The first-order chi connectivity index (χ1) is 12.2. The lowest BCUT2D eigenvalue weighted by Crippen LogP contribution is -2.14. The molecule has 3 rings (SSSR count). The fourth-order valence-electron chi connectivity index (χ4n) is 2.16. The van der Waals surface area contributed by atoms with Gasteiger partial charge in [0.05, 0.1) is 29.4 Å². The average molecular weight is 353 g/mol. The van der Waals surface area contributed by atoms with Gasteiger partial charge >= 0.3 is 0 Å². The number of anilines is 2. The number of rotatable bonds is 5. The molecule has 2 heterocycles. The first-order valence-electron chi connectivity index (χ1n) is 7.42. The smallest absolute Gasteiger partial charge is 0.266 e. The molecule has 0 aliphatic carbocycles. The number of thiophene rings is 1. The predicted octanol–water partition coefficient (Wildman–Crippen LogP) is 3.66. The molecule has 126 valence electrons. The van der Waals surface area contributed by atoms with E-state index in [2.05, 4.69) is 15.6 Å². The largest absolute Gasteiger partial charge is 0.496 e. The van der Waals surface area contributed by atoms with Crippen LogP contribution in [0, 0.1) is 0 Å². The Morgan fingerprint density at radius 1 is 1.00 bits per heavy atom. The number of nitrogens with one attached hydrogen (secondary N) is 2. The maximum absolute atomic E-state index is 12.3. The Kier molecular flexibility index (Phi) is 5.06. The van der Waals surface area contributed by atoms with Crippen molar-refractivity contribution in [1.82, 2.24) is 4.98 Å². The van der Waals surface area contributed by atoms with Crippen molar-refractivity contribution in [3.8, 4) is 5.75 Å². The van der Waals surface area contributed by atoms with Crippen LogP contribution in [0.25, 0.3) is 0 Å². The molecule has 0 aliphatic rings. The minimum atomic E-state index is -0.297. The number of aromatic nitrogens is 1. The normalized spacial score (nSPS) is 10.1. The summed E-state index contributed by atoms with van der Waals surface area (Å²) in [6.45, 7) is 0. The van der Waals surface area contributed by atoms with Crippen LogP contribution in [0.2, 0.25) is 0 Å².